The Kier molecular flexibility index (Phi) is 7.78. The third-order valence-corrected chi connectivity index (χ3v) is 4.85. The molecule has 2 unspecified atom stereocenters. The minimum atomic E-state index is -2.52. The Morgan fingerprint density at radius 2 is 1.68 bits per heavy atom. The quantitative estimate of drug-likeness (QED) is 0.432. The van der Waals surface area contributed by atoms with Crippen LogP contribution in [0.15, 0.2) is 42.5 Å². The highest BCUT2D eigenvalue weighted by atomic mass is 17.1. The number of hydrogen-bond donors (Lipinski definition) is 2. The molecule has 0 radical (unpaired) electrons. The van der Waals surface area contributed by atoms with Crippen molar-refractivity contribution in [1.29, 1.82) is 5.26 Å². The molecule has 0 aliphatic carbocycles. The molecule has 2 atom stereocenters. The number of nitrogens with one attached hydrogen (secondary N) is 1. The van der Waals surface area contributed by atoms with Gasteiger partial charge in [0.15, 0.2) is 11.5 Å². The summed E-state index contributed by atoms with van der Waals surface area (Å²) in [6, 6.07) is 13.7. The largest absolute Gasteiger partial charge is 0.620 e. The maximum absolute atomic E-state index is 11.6. The first-order chi connectivity index (χ1) is 16.3. The first-order valence-electron chi connectivity index (χ1n) is 10.2. The first-order valence-corrected chi connectivity index (χ1v) is 10.2. The third kappa shape index (κ3) is 6.06. The van der Waals surface area contributed by atoms with Gasteiger partial charge in [-0.25, -0.2) is 9.59 Å². The molecule has 1 heterocycles. The Balaban J connectivity index is 1.61. The fraction of sp³-hybridized carbons (Fsp3) is 0.348. The molecule has 180 valence electrons. The summed E-state index contributed by atoms with van der Waals surface area (Å²) >= 11 is 0. The Morgan fingerprint density at radius 3 is 2.26 bits per heavy atom. The fourth-order valence-corrected chi connectivity index (χ4v) is 3.16. The van der Waals surface area contributed by atoms with E-state index >= 15 is 0 Å². The van der Waals surface area contributed by atoms with Crippen LogP contribution in [-0.2, 0) is 25.4 Å². The number of hydrogen-bond acceptors (Lipinski definition) is 11. The third-order valence-electron chi connectivity index (χ3n) is 4.85. The van der Waals surface area contributed by atoms with Crippen LogP contribution in [0.2, 0.25) is 0 Å². The van der Waals surface area contributed by atoms with E-state index in [0.29, 0.717) is 24.1 Å². The summed E-state index contributed by atoms with van der Waals surface area (Å²) in [5.41, 5.74) is 2.06. The topological polar surface area (TPSA) is 146 Å². The number of ether oxygens (including phenoxy) is 6. The van der Waals surface area contributed by atoms with Gasteiger partial charge in [0.25, 0.3) is 0 Å². The number of aliphatic hydroxyl groups is 1. The standard InChI is InChI=1S/C23H24N2O9/c1-14(25-13-18(26)17-7-4-15(12-24)5-8-17)10-16-6-9-19-20(11-16)32-23(31-19,33-21(27)29-2)34-22(28)30-3/h4-9,11,14,18,25-26H,10,13H2,1-3H3. The molecule has 11 nitrogen and oxygen atoms in total. The highest BCUT2D eigenvalue weighted by molar-refractivity contribution is 5.63. The van der Waals surface area contributed by atoms with Crippen LogP contribution in [0.1, 0.15) is 29.7 Å². The van der Waals surface area contributed by atoms with E-state index in [-0.39, 0.29) is 17.5 Å². The van der Waals surface area contributed by atoms with Crippen LogP contribution in [0, 0.1) is 11.3 Å². The minimum absolute atomic E-state index is 0.0317. The van der Waals surface area contributed by atoms with E-state index < -0.39 is 24.6 Å². The van der Waals surface area contributed by atoms with Gasteiger partial charge in [-0.2, -0.15) is 5.26 Å². The van der Waals surface area contributed by atoms with E-state index in [4.69, 9.17) is 24.2 Å². The average molecular weight is 472 g/mol. The molecule has 0 spiro atoms. The van der Waals surface area contributed by atoms with Crippen molar-refractivity contribution in [3.63, 3.8) is 0 Å². The van der Waals surface area contributed by atoms with Crippen LogP contribution >= 0.6 is 0 Å². The molecule has 0 aromatic heterocycles. The van der Waals surface area contributed by atoms with Gasteiger partial charge in [0, 0.05) is 12.6 Å². The number of rotatable bonds is 8. The second-order valence-corrected chi connectivity index (χ2v) is 7.36. The van der Waals surface area contributed by atoms with Crippen LogP contribution in [-0.4, -0.2) is 50.4 Å². The molecule has 2 aromatic rings. The molecule has 0 saturated heterocycles. The van der Waals surface area contributed by atoms with E-state index in [0.717, 1.165) is 19.8 Å². The lowest BCUT2D eigenvalue weighted by Crippen LogP contribution is -2.47. The van der Waals surface area contributed by atoms with Crippen LogP contribution in [0.3, 0.4) is 0 Å². The minimum Gasteiger partial charge on any atom is -0.437 e. The summed E-state index contributed by atoms with van der Waals surface area (Å²) in [5, 5.41) is 22.5. The van der Waals surface area contributed by atoms with Crippen molar-refractivity contribution >= 4 is 12.3 Å². The predicted octanol–water partition coefficient (Wildman–Crippen LogP) is 2.76. The van der Waals surface area contributed by atoms with E-state index in [1.54, 1.807) is 42.5 Å². The van der Waals surface area contributed by atoms with Crippen molar-refractivity contribution in [1.82, 2.24) is 5.32 Å². The van der Waals surface area contributed by atoms with E-state index in [1.807, 2.05) is 13.0 Å². The number of benzene rings is 2. The number of methoxy groups -OCH3 is 2. The second-order valence-electron chi connectivity index (χ2n) is 7.36. The average Bonchev–Trinajstić information content (AvgIpc) is 3.18. The SMILES string of the molecule is COC(=O)OC1(OC(=O)OC)Oc2ccc(CC(C)NCC(O)c3ccc(C#N)cc3)cc2O1. The Hall–Kier alpha value is -4.01. The molecule has 0 bridgehead atoms. The Bertz CT molecular complexity index is 1050. The fourth-order valence-electron chi connectivity index (χ4n) is 3.16. The molecule has 0 amide bonds. The highest BCUT2D eigenvalue weighted by Gasteiger charge is 2.53. The smallest absolute Gasteiger partial charge is 0.437 e. The van der Waals surface area contributed by atoms with Gasteiger partial charge >= 0.3 is 18.5 Å². The van der Waals surface area contributed by atoms with Gasteiger partial charge in [0.1, 0.15) is 0 Å². The molecule has 11 heteroatoms. The highest BCUT2D eigenvalue weighted by Crippen LogP contribution is 2.41. The Morgan fingerprint density at radius 1 is 1.06 bits per heavy atom. The second kappa shape index (κ2) is 10.7. The zero-order valence-corrected chi connectivity index (χ0v) is 18.8. The molecule has 2 N–H and O–H groups in total. The van der Waals surface area contributed by atoms with Gasteiger partial charge in [-0.1, -0.05) is 18.2 Å². The van der Waals surface area contributed by atoms with E-state index in [1.165, 1.54) is 0 Å². The summed E-state index contributed by atoms with van der Waals surface area (Å²) < 4.78 is 29.5. The number of aliphatic hydroxyl groups excluding tert-OH is 1. The number of nitrogens with zero attached hydrogens (tertiary/aromatic N) is 1. The van der Waals surface area contributed by atoms with Gasteiger partial charge in [0.05, 0.1) is 32.0 Å². The lowest BCUT2D eigenvalue weighted by molar-refractivity contribution is -0.384. The van der Waals surface area contributed by atoms with Crippen molar-refractivity contribution in [3.8, 4) is 17.6 Å². The van der Waals surface area contributed by atoms with Crippen LogP contribution in [0.25, 0.3) is 0 Å². The van der Waals surface area contributed by atoms with Crippen molar-refractivity contribution in [3.05, 3.63) is 59.2 Å². The first kappa shape index (κ1) is 24.6. The van der Waals surface area contributed by atoms with Crippen molar-refractivity contribution in [2.75, 3.05) is 20.8 Å². The van der Waals surface area contributed by atoms with Crippen molar-refractivity contribution < 1.29 is 43.1 Å². The van der Waals surface area contributed by atoms with Gasteiger partial charge < -0.3 is 38.8 Å². The predicted molar refractivity (Wildman–Crippen MR) is 115 cm³/mol. The molecule has 1 aliphatic heterocycles. The van der Waals surface area contributed by atoms with Crippen LogP contribution in [0.5, 0.6) is 11.5 Å². The number of fused-ring (bicyclic) bond motifs is 1. The normalized spacial score (nSPS) is 14.9. The molecule has 0 fully saturated rings. The van der Waals surface area contributed by atoms with Crippen molar-refractivity contribution in [2.24, 2.45) is 0 Å². The molecular formula is C23H24N2O9. The van der Waals surface area contributed by atoms with Crippen molar-refractivity contribution in [2.45, 2.75) is 31.6 Å². The zero-order chi connectivity index (χ0) is 24.7. The molecule has 1 aliphatic rings. The molecule has 0 saturated carbocycles. The summed E-state index contributed by atoms with van der Waals surface area (Å²) in [4.78, 5) is 23.2. The summed E-state index contributed by atoms with van der Waals surface area (Å²) in [5.74, 6) is 0.350. The monoisotopic (exact) mass is 472 g/mol. The molecule has 34 heavy (non-hydrogen) atoms. The van der Waals surface area contributed by atoms with Crippen LogP contribution < -0.4 is 14.8 Å². The maximum Gasteiger partial charge on any atom is 0.620 e. The molecule has 2 aromatic carbocycles. The lowest BCUT2D eigenvalue weighted by Gasteiger charge is -2.22. The van der Waals surface area contributed by atoms with Crippen LogP contribution in [0.4, 0.5) is 9.59 Å². The van der Waals surface area contributed by atoms with Gasteiger partial charge in [0.2, 0.25) is 0 Å². The van der Waals surface area contributed by atoms with Gasteiger partial charge in [-0.3, -0.25) is 0 Å². The van der Waals surface area contributed by atoms with Gasteiger partial charge in [-0.05, 0) is 48.7 Å². The lowest BCUT2D eigenvalue weighted by atomic mass is 10.0. The molecular weight excluding hydrogens is 448 g/mol. The number of carbonyl (C=O) groups excluding carboxylic acids is 2. The summed E-state index contributed by atoms with van der Waals surface area (Å²) in [6.45, 7) is 2.25. The summed E-state index contributed by atoms with van der Waals surface area (Å²) in [7, 11) is 2.14. The van der Waals surface area contributed by atoms with Gasteiger partial charge in [-0.15, -0.1) is 0 Å². The molecule has 3 rings (SSSR count). The maximum atomic E-state index is 11.6. The van der Waals surface area contributed by atoms with E-state index in [9.17, 15) is 14.7 Å². The summed E-state index contributed by atoms with van der Waals surface area (Å²) in [6.07, 6.45) is -5.10. The number of nitriles is 1. The number of carbonyl (C=O) groups is 2. The Labute approximate surface area is 195 Å². The van der Waals surface area contributed by atoms with E-state index in [2.05, 4.69) is 14.8 Å². The zero-order valence-electron chi connectivity index (χ0n) is 18.8.